The molecule has 1 aromatic carbocycles. The summed E-state index contributed by atoms with van der Waals surface area (Å²) in [5.74, 6) is -1.28. The van der Waals surface area contributed by atoms with Crippen LogP contribution in [0, 0.1) is 0 Å². The third kappa shape index (κ3) is 6.54. The first-order valence-corrected chi connectivity index (χ1v) is 10.0. The molecule has 0 saturated carbocycles. The van der Waals surface area contributed by atoms with E-state index in [0.717, 1.165) is 10.5 Å². The predicted molar refractivity (Wildman–Crippen MR) is 116 cm³/mol. The van der Waals surface area contributed by atoms with Gasteiger partial charge in [-0.05, 0) is 18.4 Å². The summed E-state index contributed by atoms with van der Waals surface area (Å²) in [5.41, 5.74) is 5.34. The Morgan fingerprint density at radius 1 is 1.19 bits per heavy atom. The van der Waals surface area contributed by atoms with Crippen molar-refractivity contribution in [2.75, 3.05) is 37.5 Å². The first-order valence-electron chi connectivity index (χ1n) is 10.0. The number of methoxy groups -OCH3 is 1. The van der Waals surface area contributed by atoms with Gasteiger partial charge in [-0.2, -0.15) is 0 Å². The lowest BCUT2D eigenvalue weighted by Gasteiger charge is -2.24. The molecular formula is C21H28N4O6. The van der Waals surface area contributed by atoms with Crippen LogP contribution in [0.25, 0.3) is 0 Å². The van der Waals surface area contributed by atoms with Crippen LogP contribution in [-0.2, 0) is 25.6 Å². The number of nitrogens with zero attached hydrogens (tertiary/aromatic N) is 2. The van der Waals surface area contributed by atoms with Gasteiger partial charge in [-0.3, -0.25) is 23.9 Å². The van der Waals surface area contributed by atoms with E-state index in [2.05, 4.69) is 4.98 Å². The Bertz CT molecular complexity index is 999. The van der Waals surface area contributed by atoms with Crippen LogP contribution in [0.5, 0.6) is 0 Å². The smallest absolute Gasteiger partial charge is 0.330 e. The summed E-state index contributed by atoms with van der Waals surface area (Å²) in [6.07, 6.45) is 1.17. The maximum atomic E-state index is 12.8. The average Bonchev–Trinajstić information content (AvgIpc) is 2.75. The minimum atomic E-state index is -0.794. The van der Waals surface area contributed by atoms with Crippen molar-refractivity contribution in [1.82, 2.24) is 9.55 Å². The second-order valence-corrected chi connectivity index (χ2v) is 6.87. The van der Waals surface area contributed by atoms with E-state index in [1.807, 2.05) is 37.3 Å². The van der Waals surface area contributed by atoms with Crippen LogP contribution >= 0.6 is 0 Å². The zero-order valence-electron chi connectivity index (χ0n) is 17.8. The van der Waals surface area contributed by atoms with Gasteiger partial charge in [0.25, 0.3) is 11.5 Å². The van der Waals surface area contributed by atoms with E-state index in [1.165, 1.54) is 11.7 Å². The highest BCUT2D eigenvalue weighted by Gasteiger charge is 2.25. The van der Waals surface area contributed by atoms with Crippen molar-refractivity contribution in [3.05, 3.63) is 56.7 Å². The summed E-state index contributed by atoms with van der Waals surface area (Å²) in [4.78, 5) is 52.8. The molecule has 168 valence electrons. The number of H-pyrrole nitrogens is 1. The Labute approximate surface area is 179 Å². The quantitative estimate of drug-likeness (QED) is 0.397. The first kappa shape index (κ1) is 23.9. The zero-order valence-corrected chi connectivity index (χ0v) is 17.8. The fraction of sp³-hybridized carbons (Fsp3) is 0.429. The van der Waals surface area contributed by atoms with Gasteiger partial charge in [0, 0.05) is 26.7 Å². The Morgan fingerprint density at radius 2 is 1.90 bits per heavy atom. The number of carbonyl (C=O) groups excluding carboxylic acids is 2. The van der Waals surface area contributed by atoms with Gasteiger partial charge in [0.15, 0.2) is 12.3 Å². The van der Waals surface area contributed by atoms with Crippen molar-refractivity contribution in [1.29, 1.82) is 0 Å². The number of rotatable bonds is 11. The van der Waals surface area contributed by atoms with E-state index in [4.69, 9.17) is 15.2 Å². The average molecular weight is 432 g/mol. The van der Waals surface area contributed by atoms with Gasteiger partial charge in [-0.15, -0.1) is 0 Å². The summed E-state index contributed by atoms with van der Waals surface area (Å²) in [5, 5.41) is 0. The molecule has 0 atom stereocenters. The summed E-state index contributed by atoms with van der Waals surface area (Å²) < 4.78 is 11.2. The van der Waals surface area contributed by atoms with E-state index in [0.29, 0.717) is 19.4 Å². The number of hydrogen-bond donors (Lipinski definition) is 2. The highest BCUT2D eigenvalue weighted by molar-refractivity contribution is 5.97. The van der Waals surface area contributed by atoms with Crippen molar-refractivity contribution in [2.45, 2.75) is 32.7 Å². The number of anilines is 2. The number of amides is 1. The highest BCUT2D eigenvalue weighted by Crippen LogP contribution is 2.18. The minimum absolute atomic E-state index is 0.0921. The minimum Gasteiger partial charge on any atom is -0.456 e. The first-order chi connectivity index (χ1) is 14.9. The fourth-order valence-corrected chi connectivity index (χ4v) is 2.99. The molecule has 1 heterocycles. The number of nitrogens with one attached hydrogen (secondary N) is 1. The van der Waals surface area contributed by atoms with E-state index in [-0.39, 0.29) is 31.0 Å². The van der Waals surface area contributed by atoms with Crippen molar-refractivity contribution < 1.29 is 19.1 Å². The van der Waals surface area contributed by atoms with Gasteiger partial charge in [-0.1, -0.05) is 37.3 Å². The molecule has 2 aromatic rings. The van der Waals surface area contributed by atoms with Gasteiger partial charge in [0.2, 0.25) is 0 Å². The molecule has 1 amide bonds. The molecule has 10 nitrogen and oxygen atoms in total. The second-order valence-electron chi connectivity index (χ2n) is 6.87. The molecule has 10 heteroatoms. The number of esters is 1. The molecule has 0 bridgehead atoms. The Kier molecular flexibility index (Phi) is 9.01. The number of aromatic amines is 1. The Balaban J connectivity index is 2.40. The lowest BCUT2D eigenvalue weighted by atomic mass is 10.2. The molecule has 31 heavy (non-hydrogen) atoms. The maximum absolute atomic E-state index is 12.8. The van der Waals surface area contributed by atoms with Gasteiger partial charge in [0.1, 0.15) is 5.82 Å². The van der Waals surface area contributed by atoms with E-state index in [1.54, 1.807) is 0 Å². The maximum Gasteiger partial charge on any atom is 0.330 e. The van der Waals surface area contributed by atoms with Crippen molar-refractivity contribution >= 4 is 23.4 Å². The topological polar surface area (TPSA) is 137 Å². The summed E-state index contributed by atoms with van der Waals surface area (Å²) in [6, 6.07) is 9.09. The fourth-order valence-electron chi connectivity index (χ4n) is 2.99. The van der Waals surface area contributed by atoms with Crippen LogP contribution in [0.15, 0.2) is 39.9 Å². The third-order valence-corrected chi connectivity index (χ3v) is 4.51. The summed E-state index contributed by atoms with van der Waals surface area (Å²) in [7, 11) is 1.51. The zero-order chi connectivity index (χ0) is 22.8. The van der Waals surface area contributed by atoms with Crippen LogP contribution in [-0.4, -0.2) is 48.3 Å². The van der Waals surface area contributed by atoms with Gasteiger partial charge in [0.05, 0.1) is 6.54 Å². The molecular weight excluding hydrogens is 404 g/mol. The molecule has 0 radical (unpaired) electrons. The van der Waals surface area contributed by atoms with Crippen LogP contribution in [0.2, 0.25) is 0 Å². The van der Waals surface area contributed by atoms with E-state index < -0.39 is 29.7 Å². The number of nitrogen functional groups attached to an aromatic ring is 1. The molecule has 0 unspecified atom stereocenters. The molecule has 0 aliphatic heterocycles. The van der Waals surface area contributed by atoms with E-state index in [9.17, 15) is 19.2 Å². The molecule has 1 aromatic heterocycles. The highest BCUT2D eigenvalue weighted by atomic mass is 16.5. The van der Waals surface area contributed by atoms with Crippen LogP contribution in [0.4, 0.5) is 11.5 Å². The largest absolute Gasteiger partial charge is 0.456 e. The number of aromatic nitrogens is 2. The van der Waals surface area contributed by atoms with Gasteiger partial charge in [-0.25, -0.2) is 4.79 Å². The van der Waals surface area contributed by atoms with Crippen LogP contribution in [0.3, 0.4) is 0 Å². The SMILES string of the molecule is CCCC(=O)OCC(=O)N(CCCOC)c1c(N)n(Cc2ccccc2)c(=O)[nH]c1=O. The van der Waals surface area contributed by atoms with Gasteiger partial charge >= 0.3 is 11.7 Å². The Morgan fingerprint density at radius 3 is 2.55 bits per heavy atom. The molecule has 0 aliphatic rings. The van der Waals surface area contributed by atoms with Crippen LogP contribution in [0.1, 0.15) is 31.7 Å². The molecule has 0 spiro atoms. The van der Waals surface area contributed by atoms with Crippen LogP contribution < -0.4 is 21.9 Å². The number of hydrogen-bond acceptors (Lipinski definition) is 7. The molecule has 0 fully saturated rings. The molecule has 2 rings (SSSR count). The van der Waals surface area contributed by atoms with Crippen molar-refractivity contribution in [3.8, 4) is 0 Å². The normalized spacial score (nSPS) is 10.6. The number of carbonyl (C=O) groups is 2. The van der Waals surface area contributed by atoms with Crippen molar-refractivity contribution in [2.24, 2.45) is 0 Å². The number of benzene rings is 1. The third-order valence-electron chi connectivity index (χ3n) is 4.51. The van der Waals surface area contributed by atoms with E-state index >= 15 is 0 Å². The predicted octanol–water partition coefficient (Wildman–Crippen LogP) is 0.880. The standard InChI is InChI=1S/C21H28N4O6/c1-3-8-17(27)31-14-16(26)24(11-7-12-30-2)18-19(22)25(21(29)23-20(18)28)13-15-9-5-4-6-10-15/h4-6,9-10H,3,7-8,11-14,22H2,1-2H3,(H,23,28,29). The summed E-state index contributed by atoms with van der Waals surface area (Å²) >= 11 is 0. The molecule has 3 N–H and O–H groups in total. The lowest BCUT2D eigenvalue weighted by Crippen LogP contribution is -2.43. The second kappa shape index (κ2) is 11.7. The lowest BCUT2D eigenvalue weighted by molar-refractivity contribution is -0.147. The molecule has 0 saturated heterocycles. The van der Waals surface area contributed by atoms with Crippen molar-refractivity contribution in [3.63, 3.8) is 0 Å². The monoisotopic (exact) mass is 432 g/mol. The van der Waals surface area contributed by atoms with Gasteiger partial charge < -0.3 is 20.1 Å². The summed E-state index contributed by atoms with van der Waals surface area (Å²) in [6.45, 7) is 1.81. The molecule has 0 aliphatic carbocycles. The number of ether oxygens (including phenoxy) is 2. The Hall–Kier alpha value is -3.40. The number of nitrogens with two attached hydrogens (primary N) is 1.